The third kappa shape index (κ3) is 3.29. The van der Waals surface area contributed by atoms with Crippen molar-refractivity contribution < 1.29 is 0 Å². The quantitative estimate of drug-likeness (QED) is 0.509. The van der Waals surface area contributed by atoms with Crippen molar-refractivity contribution in [3.63, 3.8) is 0 Å². The highest BCUT2D eigenvalue weighted by molar-refractivity contribution is 9.09. The van der Waals surface area contributed by atoms with Crippen LogP contribution < -0.4 is 0 Å². The molecule has 1 rings (SSSR count). The van der Waals surface area contributed by atoms with Gasteiger partial charge in [0.1, 0.15) is 0 Å². The minimum Gasteiger partial charge on any atom is -0.165 e. The molecule has 0 aromatic carbocycles. The first-order valence-electron chi connectivity index (χ1n) is 3.97. The fourth-order valence-electron chi connectivity index (χ4n) is 1.12. The van der Waals surface area contributed by atoms with Gasteiger partial charge in [-0.05, 0) is 43.6 Å². The lowest BCUT2D eigenvalue weighted by atomic mass is 10.2. The van der Waals surface area contributed by atoms with Gasteiger partial charge in [0, 0.05) is 4.83 Å². The maximum atomic E-state index is 3.73. The maximum Gasteiger partial charge on any atom is 0.0174 e. The third-order valence-corrected chi connectivity index (χ3v) is 3.86. The fraction of sp³-hybridized carbons (Fsp3) is 1.00. The van der Waals surface area contributed by atoms with E-state index in [0.29, 0.717) is 0 Å². The van der Waals surface area contributed by atoms with Crippen LogP contribution in [0.2, 0.25) is 0 Å². The van der Waals surface area contributed by atoms with Crippen LogP contribution in [0.25, 0.3) is 0 Å². The average Bonchev–Trinajstić information content (AvgIpc) is 2.69. The topological polar surface area (TPSA) is 0 Å². The molecule has 0 bridgehead atoms. The zero-order chi connectivity index (χ0) is 7.40. The number of alkyl halides is 1. The van der Waals surface area contributed by atoms with Gasteiger partial charge in [0.05, 0.1) is 0 Å². The first-order chi connectivity index (χ1) is 4.84. The Morgan fingerprint density at radius 2 is 2.30 bits per heavy atom. The van der Waals surface area contributed by atoms with E-state index < -0.39 is 0 Å². The molecule has 0 nitrogen and oxygen atoms in total. The van der Waals surface area contributed by atoms with Crippen molar-refractivity contribution in [1.82, 2.24) is 0 Å². The van der Waals surface area contributed by atoms with E-state index in [1.165, 1.54) is 31.4 Å². The Hall–Kier alpha value is 0.830. The molecular weight excluding hydrogens is 208 g/mol. The Balaban J connectivity index is 1.90. The third-order valence-electron chi connectivity index (χ3n) is 1.96. The second-order valence-corrected chi connectivity index (χ2v) is 5.15. The molecule has 10 heavy (non-hydrogen) atoms. The van der Waals surface area contributed by atoms with Gasteiger partial charge in [-0.15, -0.1) is 0 Å². The normalized spacial score (nSPS) is 21.0. The van der Waals surface area contributed by atoms with Gasteiger partial charge in [0.2, 0.25) is 0 Å². The van der Waals surface area contributed by atoms with Crippen LogP contribution in [0.1, 0.15) is 25.7 Å². The molecule has 1 aliphatic carbocycles. The molecule has 0 heterocycles. The summed E-state index contributed by atoms with van der Waals surface area (Å²) in [5, 5.41) is 0. The van der Waals surface area contributed by atoms with E-state index in [1.807, 2.05) is 11.8 Å². The molecule has 1 unspecified atom stereocenters. The lowest BCUT2D eigenvalue weighted by Crippen LogP contribution is -2.00. The summed E-state index contributed by atoms with van der Waals surface area (Å²) in [5.74, 6) is 2.36. The molecule has 1 fully saturated rings. The molecule has 1 saturated carbocycles. The van der Waals surface area contributed by atoms with E-state index in [-0.39, 0.29) is 0 Å². The Kier molecular flexibility index (Phi) is 4.15. The van der Waals surface area contributed by atoms with Crippen LogP contribution in [-0.4, -0.2) is 16.8 Å². The van der Waals surface area contributed by atoms with Crippen molar-refractivity contribution in [1.29, 1.82) is 0 Å². The Morgan fingerprint density at radius 3 is 2.80 bits per heavy atom. The molecule has 1 atom stereocenters. The molecule has 1 aliphatic rings. The van der Waals surface area contributed by atoms with Gasteiger partial charge in [0.25, 0.3) is 0 Å². The molecule has 0 aromatic rings. The van der Waals surface area contributed by atoms with Gasteiger partial charge in [0.15, 0.2) is 0 Å². The summed E-state index contributed by atoms with van der Waals surface area (Å²) in [6.07, 6.45) is 7.88. The monoisotopic (exact) mass is 222 g/mol. The SMILES string of the molecule is CSCCCC(Br)C1CC1. The highest BCUT2D eigenvalue weighted by atomic mass is 79.9. The van der Waals surface area contributed by atoms with Crippen LogP contribution in [0, 0.1) is 5.92 Å². The average molecular weight is 223 g/mol. The first-order valence-corrected chi connectivity index (χ1v) is 6.28. The van der Waals surface area contributed by atoms with E-state index >= 15 is 0 Å². The Bertz CT molecular complexity index is 91.3. The molecule has 0 aromatic heterocycles. The van der Waals surface area contributed by atoms with Crippen LogP contribution in [0.3, 0.4) is 0 Å². The number of hydrogen-bond donors (Lipinski definition) is 0. The van der Waals surface area contributed by atoms with E-state index in [1.54, 1.807) is 0 Å². The number of hydrogen-bond acceptors (Lipinski definition) is 1. The molecule has 60 valence electrons. The minimum atomic E-state index is 0.833. The van der Waals surface area contributed by atoms with E-state index in [2.05, 4.69) is 22.2 Å². The van der Waals surface area contributed by atoms with E-state index in [4.69, 9.17) is 0 Å². The molecule has 0 amide bonds. The smallest absolute Gasteiger partial charge is 0.0174 e. The second-order valence-electron chi connectivity index (χ2n) is 2.99. The summed E-state index contributed by atoms with van der Waals surface area (Å²) in [6.45, 7) is 0. The highest BCUT2D eigenvalue weighted by Crippen LogP contribution is 2.38. The van der Waals surface area contributed by atoms with Crippen molar-refractivity contribution in [2.24, 2.45) is 5.92 Å². The van der Waals surface area contributed by atoms with Gasteiger partial charge in [-0.2, -0.15) is 11.8 Å². The van der Waals surface area contributed by atoms with Crippen molar-refractivity contribution >= 4 is 27.7 Å². The highest BCUT2D eigenvalue weighted by Gasteiger charge is 2.28. The van der Waals surface area contributed by atoms with Crippen LogP contribution in [-0.2, 0) is 0 Å². The maximum absolute atomic E-state index is 3.73. The van der Waals surface area contributed by atoms with Crippen LogP contribution in [0.5, 0.6) is 0 Å². The van der Waals surface area contributed by atoms with Crippen molar-refractivity contribution in [3.8, 4) is 0 Å². The molecule has 2 heteroatoms. The molecule has 0 radical (unpaired) electrons. The Labute approximate surface area is 76.3 Å². The zero-order valence-electron chi connectivity index (χ0n) is 6.48. The van der Waals surface area contributed by atoms with Gasteiger partial charge in [-0.3, -0.25) is 0 Å². The van der Waals surface area contributed by atoms with Crippen LogP contribution in [0.15, 0.2) is 0 Å². The summed E-state index contributed by atoms with van der Waals surface area (Å²) in [4.78, 5) is 0.833. The molecule has 0 N–H and O–H groups in total. The van der Waals surface area contributed by atoms with Crippen molar-refractivity contribution in [3.05, 3.63) is 0 Å². The number of thioether (sulfide) groups is 1. The Morgan fingerprint density at radius 1 is 1.60 bits per heavy atom. The van der Waals surface area contributed by atoms with Crippen molar-refractivity contribution in [2.75, 3.05) is 12.0 Å². The molecular formula is C8H15BrS. The summed E-state index contributed by atoms with van der Waals surface area (Å²) < 4.78 is 0. The lowest BCUT2D eigenvalue weighted by Gasteiger charge is -2.05. The largest absolute Gasteiger partial charge is 0.165 e. The summed E-state index contributed by atoms with van der Waals surface area (Å²) in [6, 6.07) is 0. The zero-order valence-corrected chi connectivity index (χ0v) is 8.88. The first kappa shape index (κ1) is 8.92. The van der Waals surface area contributed by atoms with Gasteiger partial charge >= 0.3 is 0 Å². The van der Waals surface area contributed by atoms with Crippen LogP contribution in [0.4, 0.5) is 0 Å². The summed E-state index contributed by atoms with van der Waals surface area (Å²) in [5.41, 5.74) is 0. The van der Waals surface area contributed by atoms with Crippen molar-refractivity contribution in [2.45, 2.75) is 30.5 Å². The molecule has 0 spiro atoms. The fourth-order valence-corrected chi connectivity index (χ4v) is 2.42. The number of halogens is 1. The lowest BCUT2D eigenvalue weighted by molar-refractivity contribution is 0.687. The van der Waals surface area contributed by atoms with Gasteiger partial charge < -0.3 is 0 Å². The van der Waals surface area contributed by atoms with E-state index in [9.17, 15) is 0 Å². The van der Waals surface area contributed by atoms with Crippen LogP contribution >= 0.6 is 27.7 Å². The minimum absolute atomic E-state index is 0.833. The van der Waals surface area contributed by atoms with Gasteiger partial charge in [-0.1, -0.05) is 15.9 Å². The second kappa shape index (κ2) is 4.66. The predicted molar refractivity (Wildman–Crippen MR) is 53.1 cm³/mol. The van der Waals surface area contributed by atoms with Gasteiger partial charge in [-0.25, -0.2) is 0 Å². The standard InChI is InChI=1S/C8H15BrS/c1-10-6-2-3-8(9)7-4-5-7/h7-8H,2-6H2,1H3. The summed E-state index contributed by atoms with van der Waals surface area (Å²) in [7, 11) is 0. The number of rotatable bonds is 5. The molecule has 0 aliphatic heterocycles. The van der Waals surface area contributed by atoms with E-state index in [0.717, 1.165) is 10.7 Å². The molecule has 0 saturated heterocycles. The predicted octanol–water partition coefficient (Wildman–Crippen LogP) is 3.30. The summed E-state index contributed by atoms with van der Waals surface area (Å²) >= 11 is 5.68.